The predicted molar refractivity (Wildman–Crippen MR) is 126 cm³/mol. The second-order valence-electron chi connectivity index (χ2n) is 10.9. The molecule has 2 aromatic heterocycles. The van der Waals surface area contributed by atoms with Crippen molar-refractivity contribution in [2.45, 2.75) is 63.1 Å². The van der Waals surface area contributed by atoms with Crippen LogP contribution in [-0.2, 0) is 10.0 Å². The van der Waals surface area contributed by atoms with E-state index in [1.807, 2.05) is 0 Å². The summed E-state index contributed by atoms with van der Waals surface area (Å²) in [7, 11) is -3.41. The molecule has 0 spiro atoms. The van der Waals surface area contributed by atoms with Crippen molar-refractivity contribution in [3.05, 3.63) is 36.3 Å². The van der Waals surface area contributed by atoms with Gasteiger partial charge in [-0.25, -0.2) is 22.5 Å². The Morgan fingerprint density at radius 3 is 2.53 bits per heavy atom. The summed E-state index contributed by atoms with van der Waals surface area (Å²) >= 11 is 0. The van der Waals surface area contributed by atoms with Gasteiger partial charge in [0.15, 0.2) is 5.82 Å². The molecule has 4 saturated carbocycles. The first kappa shape index (κ1) is 23.3. The highest BCUT2D eigenvalue weighted by molar-refractivity contribution is 7.88. The first-order valence-electron chi connectivity index (χ1n) is 11.7. The molecule has 34 heavy (non-hydrogen) atoms. The molecule has 4 aliphatic rings. The summed E-state index contributed by atoms with van der Waals surface area (Å²) in [6, 6.07) is 1.81. The van der Waals surface area contributed by atoms with E-state index in [4.69, 9.17) is 0 Å². The summed E-state index contributed by atoms with van der Waals surface area (Å²) in [5, 5.41) is 22.8. The minimum absolute atomic E-state index is 0.0478. The van der Waals surface area contributed by atoms with Gasteiger partial charge in [-0.15, -0.1) is 0 Å². The van der Waals surface area contributed by atoms with Crippen LogP contribution in [0, 0.1) is 17.8 Å². The standard InChI is InChI=1S/C23H32N6O4S/c1-22(2,27-34(3,32)33)5-8-29-21(28-7-4-6-24-28)18(14-25-29)20(30)26-19-16-9-15-10-17(19)13-23(31,11-15)12-16/h4-8,14-17,19,27,31H,9-13H2,1-3H3,(H,26,30). The van der Waals surface area contributed by atoms with Gasteiger partial charge in [0.2, 0.25) is 10.0 Å². The molecule has 3 N–H and O–H groups in total. The molecule has 4 aliphatic carbocycles. The molecule has 2 atom stereocenters. The van der Waals surface area contributed by atoms with Crippen LogP contribution in [0.4, 0.5) is 0 Å². The maximum Gasteiger partial charge on any atom is 0.257 e. The molecule has 0 aliphatic heterocycles. The van der Waals surface area contributed by atoms with Gasteiger partial charge in [-0.3, -0.25) is 4.79 Å². The van der Waals surface area contributed by atoms with E-state index in [1.165, 1.54) is 10.9 Å². The lowest BCUT2D eigenvalue weighted by atomic mass is 9.52. The molecule has 0 saturated heterocycles. The number of carbonyl (C=O) groups excluding carboxylic acids is 1. The zero-order chi connectivity index (χ0) is 24.3. The van der Waals surface area contributed by atoms with Crippen LogP contribution in [0.2, 0.25) is 0 Å². The zero-order valence-electron chi connectivity index (χ0n) is 19.7. The highest BCUT2D eigenvalue weighted by atomic mass is 32.2. The smallest absolute Gasteiger partial charge is 0.257 e. The predicted octanol–water partition coefficient (Wildman–Crippen LogP) is 1.54. The minimum Gasteiger partial charge on any atom is -0.390 e. The molecule has 10 nitrogen and oxygen atoms in total. The van der Waals surface area contributed by atoms with Crippen LogP contribution < -0.4 is 10.0 Å². The molecule has 0 radical (unpaired) electrons. The Bertz CT molecular complexity index is 1200. The maximum atomic E-state index is 13.5. The number of rotatable bonds is 7. The first-order chi connectivity index (χ1) is 15.9. The minimum atomic E-state index is -3.41. The van der Waals surface area contributed by atoms with E-state index < -0.39 is 21.2 Å². The van der Waals surface area contributed by atoms with E-state index >= 15 is 0 Å². The number of nitrogens with one attached hydrogen (secondary N) is 2. The molecule has 2 heterocycles. The van der Waals surface area contributed by atoms with E-state index in [-0.39, 0.29) is 11.9 Å². The molecule has 11 heteroatoms. The van der Waals surface area contributed by atoms with Gasteiger partial charge in [0.1, 0.15) is 5.56 Å². The molecular weight excluding hydrogens is 456 g/mol. The number of hydrogen-bond acceptors (Lipinski definition) is 6. The number of nitrogens with zero attached hydrogens (tertiary/aromatic N) is 4. The lowest BCUT2D eigenvalue weighted by Gasteiger charge is -2.58. The summed E-state index contributed by atoms with van der Waals surface area (Å²) in [6.45, 7) is 3.46. The largest absolute Gasteiger partial charge is 0.390 e. The first-order valence-corrected chi connectivity index (χ1v) is 13.6. The quantitative estimate of drug-likeness (QED) is 0.542. The third-order valence-electron chi connectivity index (χ3n) is 7.35. The molecule has 4 fully saturated rings. The third-order valence-corrected chi connectivity index (χ3v) is 8.25. The van der Waals surface area contributed by atoms with Crippen molar-refractivity contribution >= 4 is 22.1 Å². The molecule has 1 amide bonds. The zero-order valence-corrected chi connectivity index (χ0v) is 20.5. The average Bonchev–Trinajstić information content (AvgIpc) is 3.35. The van der Waals surface area contributed by atoms with E-state index in [1.54, 1.807) is 49.3 Å². The number of aromatic nitrogens is 4. The molecule has 2 aromatic rings. The van der Waals surface area contributed by atoms with Crippen molar-refractivity contribution in [1.29, 1.82) is 0 Å². The Balaban J connectivity index is 1.41. The lowest BCUT2D eigenvalue weighted by Crippen LogP contribution is -2.61. The normalized spacial score (nSPS) is 30.8. The third kappa shape index (κ3) is 4.56. The fourth-order valence-electron chi connectivity index (χ4n) is 6.46. The summed E-state index contributed by atoms with van der Waals surface area (Å²) < 4.78 is 29.0. The highest BCUT2D eigenvalue weighted by Crippen LogP contribution is 2.55. The van der Waals surface area contributed by atoms with Crippen LogP contribution in [0.5, 0.6) is 0 Å². The number of hydrogen-bond donors (Lipinski definition) is 3. The van der Waals surface area contributed by atoms with Crippen LogP contribution >= 0.6 is 0 Å². The number of sulfonamides is 1. The Morgan fingerprint density at radius 2 is 1.94 bits per heavy atom. The summed E-state index contributed by atoms with van der Waals surface area (Å²) in [5.74, 6) is 1.41. The molecule has 6 rings (SSSR count). The fourth-order valence-corrected chi connectivity index (χ4v) is 7.49. The van der Waals surface area contributed by atoms with Crippen LogP contribution in [0.15, 0.2) is 30.7 Å². The number of carbonyl (C=O) groups is 1. The summed E-state index contributed by atoms with van der Waals surface area (Å²) in [5.41, 5.74) is -1.03. The highest BCUT2D eigenvalue weighted by Gasteiger charge is 2.55. The second-order valence-corrected chi connectivity index (χ2v) is 12.6. The van der Waals surface area contributed by atoms with Crippen molar-refractivity contribution in [2.24, 2.45) is 17.8 Å². The van der Waals surface area contributed by atoms with Crippen LogP contribution in [0.25, 0.3) is 12.0 Å². The van der Waals surface area contributed by atoms with Crippen LogP contribution in [0.3, 0.4) is 0 Å². The number of aliphatic hydroxyl groups is 1. The van der Waals surface area contributed by atoms with E-state index in [0.29, 0.717) is 29.1 Å². The van der Waals surface area contributed by atoms with Gasteiger partial charge < -0.3 is 10.4 Å². The van der Waals surface area contributed by atoms with Crippen molar-refractivity contribution in [3.63, 3.8) is 0 Å². The lowest BCUT2D eigenvalue weighted by molar-refractivity contribution is -0.136. The molecule has 184 valence electrons. The molecule has 2 unspecified atom stereocenters. The van der Waals surface area contributed by atoms with E-state index in [9.17, 15) is 18.3 Å². The van der Waals surface area contributed by atoms with Crippen LogP contribution in [-0.4, -0.2) is 62.4 Å². The summed E-state index contributed by atoms with van der Waals surface area (Å²) in [6.07, 6.45) is 13.8. The number of amides is 1. The fraction of sp³-hybridized carbons (Fsp3) is 0.609. The SMILES string of the molecule is CC(C)(C=Cn1ncc(C(=O)NC2C3CC4CC2CC(O)(C4)C3)c1-n1cccn1)NS(C)(=O)=O. The van der Waals surface area contributed by atoms with E-state index in [0.717, 1.165) is 38.4 Å². The van der Waals surface area contributed by atoms with Gasteiger partial charge in [0, 0.05) is 30.2 Å². The van der Waals surface area contributed by atoms with Gasteiger partial charge in [0.25, 0.3) is 5.91 Å². The Hall–Kier alpha value is -2.50. The van der Waals surface area contributed by atoms with Crippen molar-refractivity contribution < 1.29 is 18.3 Å². The molecular formula is C23H32N6O4S. The second kappa shape index (κ2) is 8.03. The van der Waals surface area contributed by atoms with Crippen molar-refractivity contribution in [3.8, 4) is 5.82 Å². The van der Waals surface area contributed by atoms with E-state index in [2.05, 4.69) is 20.2 Å². The van der Waals surface area contributed by atoms with Gasteiger partial charge in [-0.05, 0) is 75.8 Å². The Morgan fingerprint density at radius 1 is 1.24 bits per heavy atom. The van der Waals surface area contributed by atoms with Crippen molar-refractivity contribution in [1.82, 2.24) is 29.6 Å². The van der Waals surface area contributed by atoms with Gasteiger partial charge in [-0.1, -0.05) is 0 Å². The topological polar surface area (TPSA) is 131 Å². The van der Waals surface area contributed by atoms with Crippen molar-refractivity contribution in [2.75, 3.05) is 6.26 Å². The molecule has 0 aromatic carbocycles. The molecule has 4 bridgehead atoms. The Labute approximate surface area is 199 Å². The Kier molecular flexibility index (Phi) is 5.49. The van der Waals surface area contributed by atoms with Gasteiger partial charge in [-0.2, -0.15) is 10.2 Å². The maximum absolute atomic E-state index is 13.5. The van der Waals surface area contributed by atoms with Gasteiger partial charge >= 0.3 is 0 Å². The summed E-state index contributed by atoms with van der Waals surface area (Å²) in [4.78, 5) is 13.5. The van der Waals surface area contributed by atoms with Gasteiger partial charge in [0.05, 0.1) is 18.1 Å². The monoisotopic (exact) mass is 488 g/mol. The average molecular weight is 489 g/mol. The van der Waals surface area contributed by atoms with Crippen LogP contribution in [0.1, 0.15) is 56.3 Å².